The van der Waals surface area contributed by atoms with E-state index in [9.17, 15) is 19.2 Å². The summed E-state index contributed by atoms with van der Waals surface area (Å²) in [4.78, 5) is 44.4. The molecule has 0 bridgehead atoms. The first-order chi connectivity index (χ1) is 9.20. The minimum Gasteiger partial charge on any atom is -0.480 e. The Hall–Kier alpha value is -1.14. The summed E-state index contributed by atoms with van der Waals surface area (Å²) in [6.45, 7) is -2.25. The Labute approximate surface area is 151 Å². The van der Waals surface area contributed by atoms with Crippen LogP contribution < -0.4 is 6.15 Å². The summed E-state index contributed by atoms with van der Waals surface area (Å²) in [7, 11) is 0. The molecular weight excluding hydrogens is 379 g/mol. The third kappa shape index (κ3) is 15.3. The van der Waals surface area contributed by atoms with Gasteiger partial charge >= 0.3 is 23.9 Å². The van der Waals surface area contributed by atoms with E-state index in [1.54, 1.807) is 0 Å². The second kappa shape index (κ2) is 13.5. The second-order valence-corrected chi connectivity index (χ2v) is 4.00. The molecule has 0 aromatic carbocycles. The van der Waals surface area contributed by atoms with Crippen molar-refractivity contribution in [2.45, 2.75) is 0 Å². The number of carboxylic acid groups (broad SMARTS) is 4. The average molecular weight is 398 g/mol. The third-order valence-corrected chi connectivity index (χ3v) is 2.17. The zero-order valence-corrected chi connectivity index (χ0v) is 14.7. The molecule has 0 aliphatic rings. The van der Waals surface area contributed by atoms with E-state index in [-0.39, 0.29) is 51.9 Å². The Morgan fingerprint density at radius 3 is 0.909 bits per heavy atom. The van der Waals surface area contributed by atoms with E-state index in [4.69, 9.17) is 20.4 Å². The molecule has 1 radical (unpaired) electrons. The van der Waals surface area contributed by atoms with Crippen LogP contribution in [0.15, 0.2) is 0 Å². The van der Waals surface area contributed by atoms with E-state index in [0.717, 1.165) is 9.80 Å². The van der Waals surface area contributed by atoms with E-state index < -0.39 is 50.1 Å². The van der Waals surface area contributed by atoms with Gasteiger partial charge in [0.05, 0.1) is 26.2 Å². The molecule has 0 saturated carbocycles. The van der Waals surface area contributed by atoms with Gasteiger partial charge in [-0.3, -0.25) is 29.0 Å². The zero-order chi connectivity index (χ0) is 15.7. The molecule has 7 N–H and O–H groups in total. The number of aliphatic carboxylic acids is 4. The van der Waals surface area contributed by atoms with Crippen LogP contribution in [-0.4, -0.2) is 93.4 Å². The van der Waals surface area contributed by atoms with Gasteiger partial charge < -0.3 is 26.6 Å². The summed E-state index contributed by atoms with van der Waals surface area (Å²) in [5, 5.41) is 34.5. The predicted molar refractivity (Wildman–Crippen MR) is 68.4 cm³/mol. The zero-order valence-electron chi connectivity index (χ0n) is 11.8. The van der Waals surface area contributed by atoms with Crippen molar-refractivity contribution >= 4 is 23.9 Å². The van der Waals surface area contributed by atoms with Crippen LogP contribution in [0.3, 0.4) is 0 Å². The Morgan fingerprint density at radius 1 is 0.591 bits per heavy atom. The molecule has 0 unspecified atom stereocenters. The largest absolute Gasteiger partial charge is 0.480 e. The van der Waals surface area contributed by atoms with E-state index in [0.29, 0.717) is 0 Å². The third-order valence-electron chi connectivity index (χ3n) is 2.17. The molecule has 0 heterocycles. The van der Waals surface area contributed by atoms with Crippen LogP contribution in [0.25, 0.3) is 0 Å². The molecule has 0 saturated heterocycles. The maximum atomic E-state index is 10.6. The van der Waals surface area contributed by atoms with Crippen molar-refractivity contribution in [2.75, 3.05) is 39.3 Å². The summed E-state index contributed by atoms with van der Waals surface area (Å²) in [5.41, 5.74) is 0. The Kier molecular flexibility index (Phi) is 15.9. The number of carbonyl (C=O) groups is 4. The summed E-state index contributed by atoms with van der Waals surface area (Å²) in [6, 6.07) is 0. The average Bonchev–Trinajstić information content (AvgIpc) is 2.22. The van der Waals surface area contributed by atoms with Crippen LogP contribution in [0.4, 0.5) is 0 Å². The maximum Gasteiger partial charge on any atom is 0.317 e. The van der Waals surface area contributed by atoms with Crippen molar-refractivity contribution in [1.82, 2.24) is 16.0 Å². The van der Waals surface area contributed by atoms with Gasteiger partial charge in [-0.15, -0.1) is 0 Å². The number of nitrogens with zero attached hydrogens (tertiary/aromatic N) is 2. The minimum absolute atomic E-state index is 0. The van der Waals surface area contributed by atoms with E-state index in [1.807, 2.05) is 0 Å². The van der Waals surface area contributed by atoms with Gasteiger partial charge in [0.2, 0.25) is 0 Å². The Bertz CT molecular complexity index is 324. The summed E-state index contributed by atoms with van der Waals surface area (Å²) < 4.78 is 0. The molecule has 0 spiro atoms. The number of rotatable bonds is 11. The van der Waals surface area contributed by atoms with Crippen LogP contribution in [-0.2, 0) is 51.9 Å². The molecule has 12 heteroatoms. The fraction of sp³-hybridized carbons (Fsp3) is 0.600. The van der Waals surface area contributed by atoms with Crippen LogP contribution in [0.2, 0.25) is 0 Å². The normalized spacial score (nSPS) is 9.73. The second-order valence-electron chi connectivity index (χ2n) is 4.00. The van der Waals surface area contributed by atoms with Crippen molar-refractivity contribution in [3.05, 3.63) is 0 Å². The van der Waals surface area contributed by atoms with Crippen molar-refractivity contribution < 1.29 is 72.3 Å². The molecule has 0 aliphatic carbocycles. The first-order valence-corrected chi connectivity index (χ1v) is 5.52. The minimum atomic E-state index is -1.23. The first-order valence-electron chi connectivity index (χ1n) is 5.52. The molecule has 0 aliphatic heterocycles. The molecule has 0 rings (SSSR count). The quantitative estimate of drug-likeness (QED) is 0.261. The van der Waals surface area contributed by atoms with Crippen molar-refractivity contribution in [3.63, 3.8) is 0 Å². The van der Waals surface area contributed by atoms with Crippen molar-refractivity contribution in [2.24, 2.45) is 0 Å². The van der Waals surface area contributed by atoms with Crippen molar-refractivity contribution in [3.8, 4) is 0 Å². The summed E-state index contributed by atoms with van der Waals surface area (Å²) >= 11 is 0. The molecule has 22 heavy (non-hydrogen) atoms. The van der Waals surface area contributed by atoms with Gasteiger partial charge in [0, 0.05) is 45.8 Å². The van der Waals surface area contributed by atoms with Crippen molar-refractivity contribution in [1.29, 1.82) is 0 Å². The molecule has 0 fully saturated rings. The molecule has 11 nitrogen and oxygen atoms in total. The van der Waals surface area contributed by atoms with E-state index in [1.165, 1.54) is 0 Å². The van der Waals surface area contributed by atoms with Gasteiger partial charge in [-0.05, 0) is 0 Å². The summed E-state index contributed by atoms with van der Waals surface area (Å²) in [5.74, 6) is -4.91. The molecule has 0 amide bonds. The van der Waals surface area contributed by atoms with Crippen LogP contribution in [0.1, 0.15) is 0 Å². The fourth-order valence-electron chi connectivity index (χ4n) is 1.48. The number of hydrogen-bond donors (Lipinski definition) is 5. The van der Waals surface area contributed by atoms with Gasteiger partial charge in [0.1, 0.15) is 0 Å². The van der Waals surface area contributed by atoms with Crippen LogP contribution in [0.5, 0.6) is 0 Å². The van der Waals surface area contributed by atoms with Gasteiger partial charge in [-0.1, -0.05) is 0 Å². The van der Waals surface area contributed by atoms with Gasteiger partial charge in [-0.2, -0.15) is 0 Å². The fourth-order valence-corrected chi connectivity index (χ4v) is 1.48. The molecular formula is C10H19N3O8Y. The molecule has 0 aromatic rings. The van der Waals surface area contributed by atoms with Gasteiger partial charge in [-0.25, -0.2) is 0 Å². The summed E-state index contributed by atoms with van der Waals surface area (Å²) in [6.07, 6.45) is 0. The SMILES string of the molecule is N.O=C(O)CN(CCN(CC(=O)O)CC(=O)O)CC(=O)O.[Y]. The Balaban J connectivity index is -0.00000180. The monoisotopic (exact) mass is 398 g/mol. The van der Waals surface area contributed by atoms with Crippen LogP contribution >= 0.6 is 0 Å². The molecule has 0 atom stereocenters. The Morgan fingerprint density at radius 2 is 0.773 bits per heavy atom. The maximum absolute atomic E-state index is 10.6. The number of carboxylic acids is 4. The predicted octanol–water partition coefficient (Wildman–Crippen LogP) is -1.91. The first kappa shape index (κ1) is 25.8. The topological polar surface area (TPSA) is 191 Å². The molecule has 125 valence electrons. The van der Waals surface area contributed by atoms with E-state index in [2.05, 4.69) is 0 Å². The van der Waals surface area contributed by atoms with Gasteiger partial charge in [0.15, 0.2) is 0 Å². The number of hydrogen-bond acceptors (Lipinski definition) is 7. The molecule has 0 aromatic heterocycles. The standard InChI is InChI=1S/C10H16N2O8.H3N.Y/c13-7(14)3-11(4-8(15)16)1-2-12(5-9(17)18)6-10(19)20;;/h1-6H2,(H,13,14)(H,15,16)(H,17,18)(H,19,20);1H3;. The van der Waals surface area contributed by atoms with E-state index >= 15 is 0 Å². The smallest absolute Gasteiger partial charge is 0.317 e. The van der Waals surface area contributed by atoms with Gasteiger partial charge in [0.25, 0.3) is 0 Å². The van der Waals surface area contributed by atoms with Crippen LogP contribution in [0, 0.1) is 0 Å².